The van der Waals surface area contributed by atoms with Crippen molar-refractivity contribution in [1.29, 1.82) is 0 Å². The number of aromatic nitrogens is 3. The van der Waals surface area contributed by atoms with Gasteiger partial charge in [-0.15, -0.1) is 13.2 Å². The molecule has 12 saturated carbocycles. The molecule has 12 fully saturated rings. The molecule has 0 saturated heterocycles. The third kappa shape index (κ3) is 59.2. The first-order valence-electron chi connectivity index (χ1n) is 47.5. The van der Waals surface area contributed by atoms with Crippen LogP contribution in [0, 0.1) is 111 Å². The lowest BCUT2D eigenvalue weighted by molar-refractivity contribution is -0.536. The summed E-state index contributed by atoms with van der Waals surface area (Å²) < 4.78 is 70.2. The second kappa shape index (κ2) is 71.3. The van der Waals surface area contributed by atoms with E-state index in [-0.39, 0.29) is 11.7 Å². The van der Waals surface area contributed by atoms with Gasteiger partial charge in [0.25, 0.3) is 0 Å². The van der Waals surface area contributed by atoms with Crippen LogP contribution < -0.4 is 4.74 Å². The number of allylic oxidation sites excluding steroid dienone is 1. The van der Waals surface area contributed by atoms with Gasteiger partial charge < -0.3 is 9.47 Å². The maximum absolute atomic E-state index is 11.9. The molecule has 117 heavy (non-hydrogen) atoms. The summed E-state index contributed by atoms with van der Waals surface area (Å²) in [4.78, 5) is 35.2. The number of Topliss-reactive ketones (excluding diaryl/α,β-unsaturated/α-hetero) is 2. The average molecular weight is 1660 g/mol. The van der Waals surface area contributed by atoms with Gasteiger partial charge in [-0.1, -0.05) is 303 Å². The number of hydrogen-bond acceptors (Lipinski definition) is 7. The molecule has 3 unspecified atom stereocenters. The zero-order valence-corrected chi connectivity index (χ0v) is 83.1. The topological polar surface area (TPSA) is 103 Å². The number of pyridine rings is 1. The van der Waals surface area contributed by atoms with Crippen LogP contribution in [-0.4, -0.2) is 64.1 Å². The van der Waals surface area contributed by atoms with Crippen molar-refractivity contribution in [1.82, 2.24) is 14.8 Å². The SMILES string of the molecule is C=C(OC)[C@@H]1C[C@H]1C.CC.CC.CC.CC.CC.CC.CC.CC.CC.CC.CC.CC(=O)[C@@H]1C[C@H]1C.CC(=O)[C@@H]1C[C@H]1C.CCC[C@H]1C[C@@H]1C.C[C@@H]1CC1c1ccccc1.C[C@@H]1CC1c1cnn(C)c1.C[C@H]1CC1c1ccc(OC(F)(F)F)cc1.C[C@H]1C[C@@H]1C(F)F.C[C@H]1C[C@@H]1C1CC1.C[C@H]1C[C@@H]1[N+](C)=O.C[C@H]1C[C@@H]1c1cccnc1. The van der Waals surface area contributed by atoms with Crippen LogP contribution in [0.3, 0.4) is 0 Å². The average Bonchev–Trinajstić information content (AvgIpc) is 1.64. The van der Waals surface area contributed by atoms with Gasteiger partial charge in [-0.2, -0.15) is 5.10 Å². The zero-order valence-electron chi connectivity index (χ0n) is 83.1. The summed E-state index contributed by atoms with van der Waals surface area (Å²) in [5.41, 5.74) is 5.44. The molecule has 0 spiro atoms. The van der Waals surface area contributed by atoms with Crippen molar-refractivity contribution in [3.63, 3.8) is 0 Å². The second-order valence-electron chi connectivity index (χ2n) is 31.4. The Hall–Kier alpha value is -5.27. The monoisotopic (exact) mass is 1660 g/mol. The number of halogens is 5. The summed E-state index contributed by atoms with van der Waals surface area (Å²) in [5, 5.41) is 4.13. The van der Waals surface area contributed by atoms with E-state index in [1.54, 1.807) is 59.4 Å². The van der Waals surface area contributed by atoms with Crippen molar-refractivity contribution in [3.8, 4) is 5.75 Å². The highest BCUT2D eigenvalue weighted by Gasteiger charge is 2.46. The van der Waals surface area contributed by atoms with Gasteiger partial charge in [0.15, 0.2) is 7.05 Å². The smallest absolute Gasteiger partial charge is 0.501 e. The first-order chi connectivity index (χ1) is 55.8. The van der Waals surface area contributed by atoms with Crippen molar-refractivity contribution in [2.24, 2.45) is 114 Å². The molecule has 2 heterocycles. The van der Waals surface area contributed by atoms with Crippen LogP contribution in [0.25, 0.3) is 0 Å². The molecule has 0 bridgehead atoms. The molecular formula is C103H188F5N4O5+. The molecule has 684 valence electrons. The van der Waals surface area contributed by atoms with Gasteiger partial charge in [0, 0.05) is 66.6 Å². The maximum Gasteiger partial charge on any atom is 0.573 e. The van der Waals surface area contributed by atoms with E-state index in [1.807, 2.05) is 196 Å². The summed E-state index contributed by atoms with van der Waals surface area (Å²) in [6.45, 7) is 77.5. The molecule has 0 radical (unpaired) electrons. The zero-order chi connectivity index (χ0) is 92.2. The number of rotatable bonds is 14. The predicted molar refractivity (Wildman–Crippen MR) is 500 cm³/mol. The van der Waals surface area contributed by atoms with E-state index >= 15 is 0 Å². The third-order valence-corrected chi connectivity index (χ3v) is 21.9. The predicted octanol–water partition coefficient (Wildman–Crippen LogP) is 33.0. The van der Waals surface area contributed by atoms with Crippen LogP contribution in [0.1, 0.15) is 391 Å². The number of carbonyl (C=O) groups excluding carboxylic acids is 2. The van der Waals surface area contributed by atoms with E-state index in [2.05, 4.69) is 140 Å². The number of hydrogen-bond donors (Lipinski definition) is 0. The molecule has 4 aromatic rings. The maximum atomic E-state index is 11.9. The molecule has 22 atom stereocenters. The number of ether oxygens (including phenoxy) is 2. The normalized spacial score (nSPS) is 28.3. The quantitative estimate of drug-likeness (QED) is 0.0704. The summed E-state index contributed by atoms with van der Waals surface area (Å²) in [6, 6.07) is 21.5. The molecule has 0 N–H and O–H groups in total. The Kier molecular flexibility index (Phi) is 74.7. The largest absolute Gasteiger partial charge is 0.573 e. The summed E-state index contributed by atoms with van der Waals surface area (Å²) >= 11 is 0. The number of benzene rings is 2. The van der Waals surface area contributed by atoms with Gasteiger partial charge in [0.2, 0.25) is 12.5 Å². The second-order valence-corrected chi connectivity index (χ2v) is 31.4. The Labute approximate surface area is 720 Å². The number of carbonyl (C=O) groups is 2. The Morgan fingerprint density at radius 2 is 0.838 bits per heavy atom. The van der Waals surface area contributed by atoms with Crippen molar-refractivity contribution >= 4 is 11.6 Å². The van der Waals surface area contributed by atoms with E-state index in [0.29, 0.717) is 70.9 Å². The molecule has 0 amide bonds. The van der Waals surface area contributed by atoms with Crippen LogP contribution in [0.4, 0.5) is 22.0 Å². The minimum absolute atomic E-state index is 0.153. The fraction of sp³-hybridized carbons (Fsp3) is 0.767. The van der Waals surface area contributed by atoms with Gasteiger partial charge in [-0.05, 0) is 237 Å². The molecule has 0 aliphatic heterocycles. The van der Waals surface area contributed by atoms with Crippen LogP contribution in [-0.2, 0) is 21.4 Å². The molecule has 2 aromatic heterocycles. The molecule has 2 aromatic carbocycles. The van der Waals surface area contributed by atoms with E-state index in [1.165, 1.54) is 85.6 Å². The molecule has 14 heteroatoms. The van der Waals surface area contributed by atoms with E-state index in [0.717, 1.165) is 107 Å². The lowest BCUT2D eigenvalue weighted by Gasteiger charge is -2.08. The van der Waals surface area contributed by atoms with Gasteiger partial charge >= 0.3 is 6.36 Å². The number of nitrogens with zero attached hydrogens (tertiary/aromatic N) is 4. The summed E-state index contributed by atoms with van der Waals surface area (Å²) in [6.07, 6.45) is 20.9. The van der Waals surface area contributed by atoms with E-state index in [4.69, 9.17) is 4.74 Å². The van der Waals surface area contributed by atoms with Gasteiger partial charge in [0.1, 0.15) is 17.3 Å². The Morgan fingerprint density at radius 1 is 0.487 bits per heavy atom. The van der Waals surface area contributed by atoms with E-state index in [9.17, 15) is 36.4 Å². The first kappa shape index (κ1) is 123. The lowest BCUT2D eigenvalue weighted by Crippen LogP contribution is -2.16. The minimum Gasteiger partial charge on any atom is -0.501 e. The molecule has 9 nitrogen and oxygen atoms in total. The lowest BCUT2D eigenvalue weighted by atomic mass is 10.1. The van der Waals surface area contributed by atoms with Crippen LogP contribution in [0.2, 0.25) is 0 Å². The van der Waals surface area contributed by atoms with Gasteiger partial charge in [-0.3, -0.25) is 19.3 Å². The Morgan fingerprint density at radius 3 is 1.03 bits per heavy atom. The van der Waals surface area contributed by atoms with E-state index < -0.39 is 12.8 Å². The van der Waals surface area contributed by atoms with Crippen molar-refractivity contribution in [2.45, 2.75) is 388 Å². The first-order valence-corrected chi connectivity index (χ1v) is 47.5. The highest BCUT2D eigenvalue weighted by molar-refractivity contribution is 5.81. The van der Waals surface area contributed by atoms with Crippen LogP contribution >= 0.6 is 0 Å². The standard InChI is InChI=1S/C11H11F3O.C10H12.C9H11N.C8H12N2.C7H12O.C7H12.C7H14.2C6H10O.C5H8F2.C5H10NO.11C2H6/c1-7-6-10(7)8-2-4-9(5-3-8)15-11(12,13)14;1-8-7-10(8)9-5-3-2-4-6-9;1-7-5-9(7)8-3-2-4-10-6-8;1-6-3-8(6)7-4-9-10(2)5-7;1-5-4-7(5)6(2)8-3;1-5-4-7(5)6-2-3-6;1-3-4-7-5-6(7)2;2*1-4-3-6(4)5(2)7;1-3-2-4(3)5(6)7;1-4-3-5(4)6(2)7;11*1-2/h2-5,7,10H,6H2,1H3;2-6,8,10H,7H2,1H3;2-4,6-7,9H,5H2,1H3;4-6,8H,3H2,1-2H3;5,7H,2,4H2,1,3H3;5-7H,2-4H2,1H3;6-7H,3-5H2,1-2H3;2*4,6H,3H2,1-2H3;3-5H,2H2,1H3;4-5H,3H2,1-2H3;11*1-2H3/q;;;;;;;;;;+1;;;;;;;;;;;/t7-,10?;8-,10?;7-,9-;6-,8?;2*5-,7-;6-,7-;2*4-,6-;3-,4-;4-,5-;;;;;;;;;;;/m01011001100.........../s1. The number of methoxy groups -OCH3 is 1. The van der Waals surface area contributed by atoms with Gasteiger partial charge in [0.05, 0.1) is 19.1 Å². The fourth-order valence-corrected chi connectivity index (χ4v) is 12.9. The Bertz CT molecular complexity index is 2830. The summed E-state index contributed by atoms with van der Waals surface area (Å²) in [7, 11) is 5.25. The molecular weight excluding hydrogens is 1470 g/mol. The highest BCUT2D eigenvalue weighted by Crippen LogP contribution is 2.54. The minimum atomic E-state index is -4.60. The Balaban J connectivity index is -0.000000285. The summed E-state index contributed by atoms with van der Waals surface area (Å²) in [5.74, 6) is 18.0. The number of aryl methyl sites for hydroxylation is 1. The number of ketones is 2. The third-order valence-electron chi connectivity index (χ3n) is 21.9. The van der Waals surface area contributed by atoms with Crippen LogP contribution in [0.5, 0.6) is 5.75 Å². The highest BCUT2D eigenvalue weighted by atomic mass is 19.4. The number of nitroso groups, excluding NO2 is 1. The van der Waals surface area contributed by atoms with Crippen LogP contribution in [0.15, 0.2) is 104 Å². The van der Waals surface area contributed by atoms with Crippen molar-refractivity contribution < 1.29 is 45.8 Å². The number of alkyl halides is 5. The van der Waals surface area contributed by atoms with Gasteiger partial charge in [-0.25, -0.2) is 8.78 Å². The molecule has 16 rings (SSSR count). The molecule has 12 aliphatic carbocycles. The fourth-order valence-electron chi connectivity index (χ4n) is 12.9. The van der Waals surface area contributed by atoms with Crippen molar-refractivity contribution in [2.75, 3.05) is 14.2 Å². The van der Waals surface area contributed by atoms with Crippen molar-refractivity contribution in [3.05, 3.63) is 131 Å². The molecule has 12 aliphatic rings.